The summed E-state index contributed by atoms with van der Waals surface area (Å²) in [5.41, 5.74) is 4.26. The van der Waals surface area contributed by atoms with Crippen molar-refractivity contribution in [3.8, 4) is 5.75 Å². The van der Waals surface area contributed by atoms with Crippen molar-refractivity contribution in [2.24, 2.45) is 0 Å². The van der Waals surface area contributed by atoms with Gasteiger partial charge in [0.1, 0.15) is 5.75 Å². The van der Waals surface area contributed by atoms with Gasteiger partial charge in [-0.25, -0.2) is 4.79 Å². The first-order chi connectivity index (χ1) is 9.95. The summed E-state index contributed by atoms with van der Waals surface area (Å²) in [6.07, 6.45) is -0.524. The topological polar surface area (TPSA) is 46.5 Å². The number of carbonyl (C=O) groups is 1. The highest BCUT2D eigenvalue weighted by molar-refractivity contribution is 5.73. The van der Waals surface area contributed by atoms with Crippen molar-refractivity contribution in [3.63, 3.8) is 0 Å². The molecule has 1 N–H and O–H groups in total. The number of hydrogen-bond acceptors (Lipinski definition) is 2. The summed E-state index contributed by atoms with van der Waals surface area (Å²) in [5.74, 6) is -0.356. The summed E-state index contributed by atoms with van der Waals surface area (Å²) in [4.78, 5) is 11.5. The lowest BCUT2D eigenvalue weighted by Gasteiger charge is -2.17. The van der Waals surface area contributed by atoms with Crippen LogP contribution in [0, 0.1) is 20.8 Å². The predicted octanol–water partition coefficient (Wildman–Crippen LogP) is 3.69. The Morgan fingerprint density at radius 3 is 2.48 bits per heavy atom. The molecule has 0 aromatic heterocycles. The Kier molecular flexibility index (Phi) is 4.63. The van der Waals surface area contributed by atoms with Gasteiger partial charge in [0.25, 0.3) is 0 Å². The minimum Gasteiger partial charge on any atom is -0.478 e. The first kappa shape index (κ1) is 15.1. The van der Waals surface area contributed by atoms with Gasteiger partial charge in [0.2, 0.25) is 0 Å². The zero-order valence-electron chi connectivity index (χ0n) is 12.6. The first-order valence-electron chi connectivity index (χ1n) is 6.98. The number of carboxylic acids is 1. The Hall–Kier alpha value is -2.29. The molecule has 1 atom stereocenters. The third-order valence-corrected chi connectivity index (χ3v) is 3.45. The second-order valence-electron chi connectivity index (χ2n) is 5.40. The predicted molar refractivity (Wildman–Crippen MR) is 82.9 cm³/mol. The third-order valence-electron chi connectivity index (χ3n) is 3.45. The molecule has 21 heavy (non-hydrogen) atoms. The van der Waals surface area contributed by atoms with Crippen LogP contribution in [0.1, 0.15) is 22.3 Å². The molecule has 0 aliphatic rings. The number of rotatable bonds is 5. The van der Waals surface area contributed by atoms with Crippen LogP contribution in [-0.2, 0) is 11.2 Å². The zero-order chi connectivity index (χ0) is 15.4. The van der Waals surface area contributed by atoms with Crippen molar-refractivity contribution in [2.75, 3.05) is 0 Å². The summed E-state index contributed by atoms with van der Waals surface area (Å²) < 4.78 is 5.66. The first-order valence-corrected chi connectivity index (χ1v) is 6.98. The number of ether oxygens (including phenoxy) is 1. The molecule has 2 rings (SSSR count). The molecule has 0 fully saturated rings. The lowest BCUT2D eigenvalue weighted by atomic mass is 10.00. The summed E-state index contributed by atoms with van der Waals surface area (Å²) in [6, 6.07) is 13.5. The lowest BCUT2D eigenvalue weighted by Crippen LogP contribution is -2.29. The summed E-state index contributed by atoms with van der Waals surface area (Å²) in [5, 5.41) is 9.40. The molecule has 0 spiro atoms. The van der Waals surface area contributed by atoms with Crippen LogP contribution >= 0.6 is 0 Å². The van der Waals surface area contributed by atoms with E-state index in [1.807, 2.05) is 57.2 Å². The Morgan fingerprint density at radius 1 is 1.10 bits per heavy atom. The highest BCUT2D eigenvalue weighted by atomic mass is 16.5. The van der Waals surface area contributed by atoms with Crippen LogP contribution in [0.25, 0.3) is 0 Å². The quantitative estimate of drug-likeness (QED) is 0.911. The SMILES string of the molecule is Cc1cccc(O[C@H](Cc2cc(C)ccc2C)C(=O)O)c1. The van der Waals surface area contributed by atoms with Crippen molar-refractivity contribution in [1.82, 2.24) is 0 Å². The van der Waals surface area contributed by atoms with Gasteiger partial charge in [-0.05, 0) is 49.6 Å². The highest BCUT2D eigenvalue weighted by Crippen LogP contribution is 2.18. The van der Waals surface area contributed by atoms with Crippen LogP contribution in [0.2, 0.25) is 0 Å². The van der Waals surface area contributed by atoms with Crippen LogP contribution in [0.3, 0.4) is 0 Å². The smallest absolute Gasteiger partial charge is 0.345 e. The largest absolute Gasteiger partial charge is 0.478 e. The van der Waals surface area contributed by atoms with Gasteiger partial charge >= 0.3 is 5.97 Å². The number of hydrogen-bond donors (Lipinski definition) is 1. The monoisotopic (exact) mass is 284 g/mol. The number of aliphatic carboxylic acids is 1. The van der Waals surface area contributed by atoms with E-state index in [2.05, 4.69) is 0 Å². The average Bonchev–Trinajstić information content (AvgIpc) is 2.42. The second kappa shape index (κ2) is 6.44. The van der Waals surface area contributed by atoms with Gasteiger partial charge in [-0.1, -0.05) is 35.9 Å². The maximum Gasteiger partial charge on any atom is 0.345 e. The number of benzene rings is 2. The Morgan fingerprint density at radius 2 is 1.81 bits per heavy atom. The van der Waals surface area contributed by atoms with Crippen LogP contribution < -0.4 is 4.74 Å². The molecule has 110 valence electrons. The molecule has 0 aliphatic carbocycles. The van der Waals surface area contributed by atoms with Gasteiger partial charge in [0, 0.05) is 6.42 Å². The van der Waals surface area contributed by atoms with E-state index in [0.717, 1.165) is 22.3 Å². The summed E-state index contributed by atoms with van der Waals surface area (Å²) in [7, 11) is 0. The number of aryl methyl sites for hydroxylation is 3. The van der Waals surface area contributed by atoms with Gasteiger partial charge in [0.05, 0.1) is 0 Å². The standard InChI is InChI=1S/C18H20O3/c1-12-5-4-6-16(10-12)21-17(18(19)20)11-15-9-13(2)7-8-14(15)3/h4-10,17H,11H2,1-3H3,(H,19,20)/t17-/m1/s1. The zero-order valence-corrected chi connectivity index (χ0v) is 12.6. The molecule has 0 bridgehead atoms. The van der Waals surface area contributed by atoms with E-state index < -0.39 is 12.1 Å². The van der Waals surface area contributed by atoms with E-state index in [-0.39, 0.29) is 0 Å². The maximum atomic E-state index is 11.5. The fourth-order valence-electron chi connectivity index (χ4n) is 2.25. The molecule has 2 aromatic rings. The van der Waals surface area contributed by atoms with E-state index >= 15 is 0 Å². The fourth-order valence-corrected chi connectivity index (χ4v) is 2.25. The molecule has 0 saturated heterocycles. The van der Waals surface area contributed by atoms with Crippen LogP contribution in [0.4, 0.5) is 0 Å². The van der Waals surface area contributed by atoms with E-state index in [0.29, 0.717) is 12.2 Å². The lowest BCUT2D eigenvalue weighted by molar-refractivity contribution is -0.145. The maximum absolute atomic E-state index is 11.5. The third kappa shape index (κ3) is 4.09. The molecule has 0 unspecified atom stereocenters. The Balaban J connectivity index is 2.20. The van der Waals surface area contributed by atoms with Crippen molar-refractivity contribution >= 4 is 5.97 Å². The molecular weight excluding hydrogens is 264 g/mol. The number of carboxylic acid groups (broad SMARTS) is 1. The Bertz CT molecular complexity index is 647. The highest BCUT2D eigenvalue weighted by Gasteiger charge is 2.21. The minimum absolute atomic E-state index is 0.358. The second-order valence-corrected chi connectivity index (χ2v) is 5.40. The molecular formula is C18H20O3. The molecule has 0 aliphatic heterocycles. The van der Waals surface area contributed by atoms with Crippen LogP contribution in [-0.4, -0.2) is 17.2 Å². The molecule has 0 radical (unpaired) electrons. The molecule has 3 nitrogen and oxygen atoms in total. The van der Waals surface area contributed by atoms with Crippen molar-refractivity contribution in [3.05, 3.63) is 64.7 Å². The van der Waals surface area contributed by atoms with Gasteiger partial charge in [0.15, 0.2) is 6.10 Å². The fraction of sp³-hybridized carbons (Fsp3) is 0.278. The molecule has 0 heterocycles. The molecule has 3 heteroatoms. The van der Waals surface area contributed by atoms with Crippen molar-refractivity contribution < 1.29 is 14.6 Å². The minimum atomic E-state index is -0.947. The van der Waals surface area contributed by atoms with Gasteiger partial charge in [-0.15, -0.1) is 0 Å². The van der Waals surface area contributed by atoms with Crippen molar-refractivity contribution in [1.29, 1.82) is 0 Å². The van der Waals surface area contributed by atoms with Crippen LogP contribution in [0.15, 0.2) is 42.5 Å². The van der Waals surface area contributed by atoms with Gasteiger partial charge in [-0.2, -0.15) is 0 Å². The van der Waals surface area contributed by atoms with Crippen molar-refractivity contribution in [2.45, 2.75) is 33.3 Å². The summed E-state index contributed by atoms with van der Waals surface area (Å²) in [6.45, 7) is 5.94. The summed E-state index contributed by atoms with van der Waals surface area (Å²) >= 11 is 0. The average molecular weight is 284 g/mol. The molecule has 2 aromatic carbocycles. The van der Waals surface area contributed by atoms with Gasteiger partial charge in [-0.3, -0.25) is 0 Å². The molecule has 0 amide bonds. The van der Waals surface area contributed by atoms with E-state index in [1.165, 1.54) is 0 Å². The van der Waals surface area contributed by atoms with Gasteiger partial charge < -0.3 is 9.84 Å². The normalized spacial score (nSPS) is 12.0. The van der Waals surface area contributed by atoms with E-state index in [9.17, 15) is 9.90 Å². The van der Waals surface area contributed by atoms with E-state index in [4.69, 9.17) is 4.74 Å². The van der Waals surface area contributed by atoms with E-state index in [1.54, 1.807) is 6.07 Å². The molecule has 0 saturated carbocycles. The Labute approximate surface area is 125 Å². The van der Waals surface area contributed by atoms with Crippen LogP contribution in [0.5, 0.6) is 5.75 Å².